The van der Waals surface area contributed by atoms with Gasteiger partial charge in [-0.1, -0.05) is 12.2 Å². The molecule has 1 atom stereocenters. The third kappa shape index (κ3) is 3.22. The Morgan fingerprint density at radius 3 is 2.91 bits per heavy atom. The molecule has 1 spiro atoms. The summed E-state index contributed by atoms with van der Waals surface area (Å²) in [6.45, 7) is 3.37. The molecule has 1 amide bonds. The van der Waals surface area contributed by atoms with E-state index in [4.69, 9.17) is 0 Å². The normalized spacial score (nSPS) is 24.2. The number of thioether (sulfide) groups is 1. The second-order valence-corrected chi connectivity index (χ2v) is 7.39. The first-order chi connectivity index (χ1) is 11.0. The van der Waals surface area contributed by atoms with Crippen molar-refractivity contribution in [3.8, 4) is 0 Å². The number of allylic oxidation sites excluding steroid dienone is 2. The Morgan fingerprint density at radius 2 is 2.22 bits per heavy atom. The lowest BCUT2D eigenvalue weighted by atomic mass is 9.71. The highest BCUT2D eigenvalue weighted by Crippen LogP contribution is 2.41. The summed E-state index contributed by atoms with van der Waals surface area (Å²) in [5.74, 6) is 0.00391. The number of carbonyl (C=O) groups is 1. The largest absolute Gasteiger partial charge is 0.346 e. The zero-order valence-electron chi connectivity index (χ0n) is 13.7. The minimum absolute atomic E-state index is 0.00391. The summed E-state index contributed by atoms with van der Waals surface area (Å²) in [5, 5.41) is 0.527. The predicted octanol–water partition coefficient (Wildman–Crippen LogP) is 2.76. The highest BCUT2D eigenvalue weighted by atomic mass is 32.2. The number of nitrogens with zero attached hydrogens (tertiary/aromatic N) is 2. The molecule has 23 heavy (non-hydrogen) atoms. The first-order valence-corrected chi connectivity index (χ1v) is 9.36. The van der Waals surface area contributed by atoms with Crippen LogP contribution in [0.3, 0.4) is 0 Å². The SMILES string of the molecule is CSc1nc(=O)[nH]c(C)c1C(=O)N1CCC[C@]2(CC=CCC2)C1. The van der Waals surface area contributed by atoms with E-state index >= 15 is 0 Å². The Hall–Kier alpha value is -1.56. The van der Waals surface area contributed by atoms with E-state index in [1.54, 1.807) is 6.92 Å². The fourth-order valence-electron chi connectivity index (χ4n) is 3.81. The summed E-state index contributed by atoms with van der Waals surface area (Å²) < 4.78 is 0. The van der Waals surface area contributed by atoms with Crippen LogP contribution in [0.5, 0.6) is 0 Å². The van der Waals surface area contributed by atoms with E-state index in [0.29, 0.717) is 16.3 Å². The third-order valence-corrected chi connectivity index (χ3v) is 5.68. The number of rotatable bonds is 2. The van der Waals surface area contributed by atoms with E-state index in [-0.39, 0.29) is 11.3 Å². The van der Waals surface area contributed by atoms with Crippen LogP contribution in [0.1, 0.15) is 48.2 Å². The van der Waals surface area contributed by atoms with E-state index in [1.807, 2.05) is 11.2 Å². The predicted molar refractivity (Wildman–Crippen MR) is 91.9 cm³/mol. The Bertz CT molecular complexity index is 698. The molecule has 2 aliphatic rings. The topological polar surface area (TPSA) is 66.1 Å². The van der Waals surface area contributed by atoms with Gasteiger partial charge >= 0.3 is 5.69 Å². The number of aromatic nitrogens is 2. The number of piperidine rings is 1. The number of H-pyrrole nitrogens is 1. The van der Waals surface area contributed by atoms with Crippen molar-refractivity contribution >= 4 is 17.7 Å². The van der Waals surface area contributed by atoms with Gasteiger partial charge in [0.25, 0.3) is 5.91 Å². The van der Waals surface area contributed by atoms with Crippen molar-refractivity contribution in [1.82, 2.24) is 14.9 Å². The molecule has 1 saturated heterocycles. The van der Waals surface area contributed by atoms with E-state index < -0.39 is 5.69 Å². The second kappa shape index (κ2) is 6.51. The average Bonchev–Trinajstić information content (AvgIpc) is 2.54. The minimum atomic E-state index is -0.393. The van der Waals surface area contributed by atoms with Gasteiger partial charge in [-0.3, -0.25) is 4.79 Å². The van der Waals surface area contributed by atoms with Crippen LogP contribution >= 0.6 is 11.8 Å². The summed E-state index contributed by atoms with van der Waals surface area (Å²) in [7, 11) is 0. The molecule has 124 valence electrons. The van der Waals surface area contributed by atoms with Gasteiger partial charge in [0.1, 0.15) is 5.03 Å². The van der Waals surface area contributed by atoms with Gasteiger partial charge in [-0.05, 0) is 50.7 Å². The van der Waals surface area contributed by atoms with Crippen molar-refractivity contribution in [2.45, 2.75) is 44.1 Å². The number of amides is 1. The maximum Gasteiger partial charge on any atom is 0.346 e. The molecule has 0 unspecified atom stereocenters. The Balaban J connectivity index is 1.88. The molecule has 1 aliphatic heterocycles. The van der Waals surface area contributed by atoms with E-state index in [2.05, 4.69) is 22.1 Å². The van der Waals surface area contributed by atoms with Gasteiger partial charge in [-0.15, -0.1) is 11.8 Å². The molecule has 2 heterocycles. The first kappa shape index (κ1) is 16.3. The van der Waals surface area contributed by atoms with Crippen molar-refractivity contribution < 1.29 is 4.79 Å². The molecule has 1 aromatic rings. The molecule has 1 aliphatic carbocycles. The van der Waals surface area contributed by atoms with Gasteiger partial charge < -0.3 is 9.88 Å². The van der Waals surface area contributed by atoms with Crippen LogP contribution in [0.25, 0.3) is 0 Å². The Morgan fingerprint density at radius 1 is 1.39 bits per heavy atom. The first-order valence-electron chi connectivity index (χ1n) is 8.14. The minimum Gasteiger partial charge on any atom is -0.338 e. The fourth-order valence-corrected chi connectivity index (χ4v) is 4.43. The van der Waals surface area contributed by atoms with Gasteiger partial charge in [0.05, 0.1) is 5.56 Å². The lowest BCUT2D eigenvalue weighted by Gasteiger charge is -2.44. The van der Waals surface area contributed by atoms with Crippen molar-refractivity contribution in [3.05, 3.63) is 33.9 Å². The summed E-state index contributed by atoms with van der Waals surface area (Å²) in [5.41, 5.74) is 1.02. The number of aromatic amines is 1. The van der Waals surface area contributed by atoms with Crippen LogP contribution in [0.15, 0.2) is 22.0 Å². The average molecular weight is 333 g/mol. The van der Waals surface area contributed by atoms with Crippen LogP contribution in [0.4, 0.5) is 0 Å². The highest BCUT2D eigenvalue weighted by molar-refractivity contribution is 7.98. The molecule has 1 fully saturated rings. The van der Waals surface area contributed by atoms with Gasteiger partial charge in [0.15, 0.2) is 0 Å². The number of aryl methyl sites for hydroxylation is 1. The number of hydrogen-bond acceptors (Lipinski definition) is 4. The number of nitrogens with one attached hydrogen (secondary N) is 1. The quantitative estimate of drug-likeness (QED) is 0.513. The van der Waals surface area contributed by atoms with Gasteiger partial charge in [-0.25, -0.2) is 4.79 Å². The van der Waals surface area contributed by atoms with Gasteiger partial charge in [0, 0.05) is 18.8 Å². The molecule has 0 aromatic carbocycles. The van der Waals surface area contributed by atoms with Crippen molar-refractivity contribution in [1.29, 1.82) is 0 Å². The zero-order valence-corrected chi connectivity index (χ0v) is 14.5. The molecule has 5 nitrogen and oxygen atoms in total. The molecule has 0 radical (unpaired) electrons. The van der Waals surface area contributed by atoms with Crippen molar-refractivity contribution in [2.75, 3.05) is 19.3 Å². The van der Waals surface area contributed by atoms with Crippen LogP contribution < -0.4 is 5.69 Å². The summed E-state index contributed by atoms with van der Waals surface area (Å²) >= 11 is 1.35. The van der Waals surface area contributed by atoms with Crippen LogP contribution in [0.2, 0.25) is 0 Å². The summed E-state index contributed by atoms with van der Waals surface area (Å²) in [4.78, 5) is 33.2. The van der Waals surface area contributed by atoms with Crippen LogP contribution in [-0.2, 0) is 0 Å². The number of likely N-dealkylation sites (tertiary alicyclic amines) is 1. The fraction of sp³-hybridized carbons (Fsp3) is 0.588. The molecular formula is C17H23N3O2S. The van der Waals surface area contributed by atoms with Crippen molar-refractivity contribution in [2.24, 2.45) is 5.41 Å². The van der Waals surface area contributed by atoms with Crippen LogP contribution in [0, 0.1) is 12.3 Å². The molecule has 1 N–H and O–H groups in total. The Kier molecular flexibility index (Phi) is 4.62. The molecule has 0 saturated carbocycles. The van der Waals surface area contributed by atoms with E-state index in [9.17, 15) is 9.59 Å². The molecule has 1 aromatic heterocycles. The Labute approximate surface area is 140 Å². The summed E-state index contributed by atoms with van der Waals surface area (Å²) in [6.07, 6.45) is 11.9. The van der Waals surface area contributed by atoms with Gasteiger partial charge in [-0.2, -0.15) is 4.98 Å². The molecule has 6 heteroatoms. The highest BCUT2D eigenvalue weighted by Gasteiger charge is 2.37. The smallest absolute Gasteiger partial charge is 0.338 e. The van der Waals surface area contributed by atoms with E-state index in [0.717, 1.165) is 38.8 Å². The lowest BCUT2D eigenvalue weighted by Crippen LogP contribution is -2.47. The van der Waals surface area contributed by atoms with Gasteiger partial charge in [0.2, 0.25) is 0 Å². The maximum atomic E-state index is 13.1. The molecule has 0 bridgehead atoms. The molecular weight excluding hydrogens is 310 g/mol. The summed E-state index contributed by atoms with van der Waals surface area (Å²) in [6, 6.07) is 0. The van der Waals surface area contributed by atoms with Crippen molar-refractivity contribution in [3.63, 3.8) is 0 Å². The zero-order chi connectivity index (χ0) is 16.4. The number of hydrogen-bond donors (Lipinski definition) is 1. The molecule has 3 rings (SSSR count). The number of carbonyl (C=O) groups excluding carboxylic acids is 1. The monoisotopic (exact) mass is 333 g/mol. The lowest BCUT2D eigenvalue weighted by molar-refractivity contribution is 0.0479. The second-order valence-electron chi connectivity index (χ2n) is 6.60. The standard InChI is InChI=1S/C17H23N3O2S/c1-12-13(14(23-2)19-16(22)18-12)15(21)20-10-6-9-17(11-20)7-4-3-5-8-17/h3-4H,5-11H2,1-2H3,(H,18,19,22)/t17-/m1/s1. The third-order valence-electron chi connectivity index (χ3n) is 5.00. The maximum absolute atomic E-state index is 13.1. The van der Waals surface area contributed by atoms with Crippen LogP contribution in [-0.4, -0.2) is 40.1 Å². The van der Waals surface area contributed by atoms with E-state index in [1.165, 1.54) is 18.2 Å².